The maximum absolute atomic E-state index is 13.5. The van der Waals surface area contributed by atoms with Gasteiger partial charge in [0, 0.05) is 33.3 Å². The van der Waals surface area contributed by atoms with E-state index in [9.17, 15) is 9.59 Å². The molecule has 0 radical (unpaired) electrons. The first-order valence-electron chi connectivity index (χ1n) is 9.44. The molecule has 2 amide bonds. The number of methoxy groups -OCH3 is 1. The molecule has 2 aromatic rings. The first-order chi connectivity index (χ1) is 13.2. The monoisotopic (exact) mass is 364 g/mol. The predicted molar refractivity (Wildman–Crippen MR) is 103 cm³/mol. The van der Waals surface area contributed by atoms with Crippen LogP contribution in [-0.2, 0) is 14.3 Å². The summed E-state index contributed by atoms with van der Waals surface area (Å²) < 4.78 is 4.96. The lowest BCUT2D eigenvalue weighted by atomic mass is 9.95. The number of amides is 2. The Morgan fingerprint density at radius 1 is 0.889 bits per heavy atom. The van der Waals surface area contributed by atoms with Gasteiger partial charge in [-0.15, -0.1) is 0 Å². The molecule has 5 heteroatoms. The minimum Gasteiger partial charge on any atom is -0.375 e. The lowest BCUT2D eigenvalue weighted by Crippen LogP contribution is -2.40. The topological polar surface area (TPSA) is 49.9 Å². The third kappa shape index (κ3) is 3.23. The second-order valence-electron chi connectivity index (χ2n) is 7.10. The molecule has 4 rings (SSSR count). The van der Waals surface area contributed by atoms with Crippen molar-refractivity contribution in [3.05, 3.63) is 59.7 Å². The second kappa shape index (κ2) is 7.53. The molecule has 0 unspecified atom stereocenters. The molecule has 0 atom stereocenters. The zero-order valence-electron chi connectivity index (χ0n) is 15.6. The highest BCUT2D eigenvalue weighted by molar-refractivity contribution is 5.96. The Bertz CT molecular complexity index is 819. The number of benzene rings is 2. The molecule has 0 N–H and O–H groups in total. The van der Waals surface area contributed by atoms with E-state index in [0.29, 0.717) is 26.2 Å². The van der Waals surface area contributed by atoms with Gasteiger partial charge in [-0.2, -0.15) is 0 Å². The standard InChI is InChI=1S/C22H24N2O3/c1-27-15-20(25)23-11-6-12-24(14-13-23)22(26)21-18-9-4-2-7-16(18)17-8-3-5-10-19(17)21/h2-5,7-10,21H,6,11-15H2,1H3. The maximum Gasteiger partial charge on any atom is 0.248 e. The number of carbonyl (C=O) groups excluding carboxylic acids is 2. The third-order valence-corrected chi connectivity index (χ3v) is 5.51. The van der Waals surface area contributed by atoms with Crippen molar-refractivity contribution >= 4 is 11.8 Å². The molecular weight excluding hydrogens is 340 g/mol. The molecule has 27 heavy (non-hydrogen) atoms. The summed E-state index contributed by atoms with van der Waals surface area (Å²) in [7, 11) is 1.53. The molecular formula is C22H24N2O3. The zero-order chi connectivity index (χ0) is 18.8. The van der Waals surface area contributed by atoms with Crippen LogP contribution in [0.1, 0.15) is 23.5 Å². The molecule has 1 fully saturated rings. The summed E-state index contributed by atoms with van der Waals surface area (Å²) in [5, 5.41) is 0. The molecule has 1 aliphatic carbocycles. The fourth-order valence-electron chi connectivity index (χ4n) is 4.21. The van der Waals surface area contributed by atoms with Crippen molar-refractivity contribution < 1.29 is 14.3 Å². The zero-order valence-corrected chi connectivity index (χ0v) is 15.6. The third-order valence-electron chi connectivity index (χ3n) is 5.51. The van der Waals surface area contributed by atoms with Crippen LogP contribution in [0.2, 0.25) is 0 Å². The van der Waals surface area contributed by atoms with Gasteiger partial charge in [0.25, 0.3) is 0 Å². The fraction of sp³-hybridized carbons (Fsp3) is 0.364. The van der Waals surface area contributed by atoms with E-state index in [1.165, 1.54) is 7.11 Å². The Morgan fingerprint density at radius 3 is 2.07 bits per heavy atom. The van der Waals surface area contributed by atoms with Crippen LogP contribution in [0.5, 0.6) is 0 Å². The van der Waals surface area contributed by atoms with Gasteiger partial charge in [-0.3, -0.25) is 9.59 Å². The minimum atomic E-state index is -0.251. The Hall–Kier alpha value is -2.66. The van der Waals surface area contributed by atoms with Gasteiger partial charge < -0.3 is 14.5 Å². The van der Waals surface area contributed by atoms with Crippen LogP contribution < -0.4 is 0 Å². The Morgan fingerprint density at radius 2 is 1.44 bits per heavy atom. The molecule has 0 spiro atoms. The van der Waals surface area contributed by atoms with E-state index < -0.39 is 0 Å². The molecule has 2 aromatic carbocycles. The first-order valence-corrected chi connectivity index (χ1v) is 9.44. The van der Waals surface area contributed by atoms with Gasteiger partial charge in [0.05, 0.1) is 5.92 Å². The lowest BCUT2D eigenvalue weighted by molar-refractivity contribution is -0.136. The van der Waals surface area contributed by atoms with Crippen LogP contribution in [0.3, 0.4) is 0 Å². The Kier molecular flexibility index (Phi) is 4.94. The van der Waals surface area contributed by atoms with E-state index in [2.05, 4.69) is 24.3 Å². The molecule has 0 bridgehead atoms. The smallest absolute Gasteiger partial charge is 0.248 e. The van der Waals surface area contributed by atoms with Crippen LogP contribution in [0.15, 0.2) is 48.5 Å². The summed E-state index contributed by atoms with van der Waals surface area (Å²) in [6, 6.07) is 16.3. The van der Waals surface area contributed by atoms with Crippen LogP contribution >= 0.6 is 0 Å². The Labute approximate surface area is 159 Å². The van der Waals surface area contributed by atoms with Crippen molar-refractivity contribution in [2.24, 2.45) is 0 Å². The van der Waals surface area contributed by atoms with Crippen LogP contribution in [0.25, 0.3) is 11.1 Å². The van der Waals surface area contributed by atoms with Crippen molar-refractivity contribution in [2.75, 3.05) is 39.9 Å². The van der Waals surface area contributed by atoms with Crippen LogP contribution in [0, 0.1) is 0 Å². The van der Waals surface area contributed by atoms with Gasteiger partial charge in [0.2, 0.25) is 11.8 Å². The average Bonchev–Trinajstić information content (AvgIpc) is 2.84. The lowest BCUT2D eigenvalue weighted by Gasteiger charge is -2.25. The minimum absolute atomic E-state index is 0.0108. The fourth-order valence-corrected chi connectivity index (χ4v) is 4.21. The summed E-state index contributed by atoms with van der Waals surface area (Å²) in [6.07, 6.45) is 0.789. The quantitative estimate of drug-likeness (QED) is 0.841. The normalized spacial score (nSPS) is 16.6. The number of nitrogens with zero attached hydrogens (tertiary/aromatic N) is 2. The number of carbonyl (C=O) groups is 2. The number of hydrogen-bond acceptors (Lipinski definition) is 3. The van der Waals surface area contributed by atoms with Gasteiger partial charge >= 0.3 is 0 Å². The van der Waals surface area contributed by atoms with Crippen LogP contribution in [0.4, 0.5) is 0 Å². The number of fused-ring (bicyclic) bond motifs is 3. The molecule has 140 valence electrons. The first kappa shape index (κ1) is 17.7. The second-order valence-corrected chi connectivity index (χ2v) is 7.10. The molecule has 5 nitrogen and oxygen atoms in total. The van der Waals surface area contributed by atoms with Gasteiger partial charge in [-0.1, -0.05) is 48.5 Å². The highest BCUT2D eigenvalue weighted by Crippen LogP contribution is 2.45. The summed E-state index contributed by atoms with van der Waals surface area (Å²) in [6.45, 7) is 2.57. The molecule has 0 aromatic heterocycles. The van der Waals surface area contributed by atoms with Gasteiger partial charge in [0.15, 0.2) is 0 Å². The summed E-state index contributed by atoms with van der Waals surface area (Å²) >= 11 is 0. The SMILES string of the molecule is COCC(=O)N1CCCN(C(=O)C2c3ccccc3-c3ccccc32)CC1. The molecule has 1 heterocycles. The molecule has 2 aliphatic rings. The van der Waals surface area contributed by atoms with Crippen LogP contribution in [-0.4, -0.2) is 61.5 Å². The van der Waals surface area contributed by atoms with Crippen molar-refractivity contribution in [1.82, 2.24) is 9.80 Å². The Balaban J connectivity index is 1.57. The highest BCUT2D eigenvalue weighted by Gasteiger charge is 2.36. The number of hydrogen-bond donors (Lipinski definition) is 0. The summed E-state index contributed by atoms with van der Waals surface area (Å²) in [5.74, 6) is -0.129. The molecule has 0 saturated carbocycles. The van der Waals surface area contributed by atoms with Crippen molar-refractivity contribution in [2.45, 2.75) is 12.3 Å². The van der Waals surface area contributed by atoms with E-state index in [1.807, 2.05) is 29.2 Å². The van der Waals surface area contributed by atoms with Crippen molar-refractivity contribution in [3.8, 4) is 11.1 Å². The largest absolute Gasteiger partial charge is 0.375 e. The summed E-state index contributed by atoms with van der Waals surface area (Å²) in [5.41, 5.74) is 4.47. The average molecular weight is 364 g/mol. The van der Waals surface area contributed by atoms with Gasteiger partial charge in [0.1, 0.15) is 6.61 Å². The van der Waals surface area contributed by atoms with E-state index in [4.69, 9.17) is 4.74 Å². The van der Waals surface area contributed by atoms with Gasteiger partial charge in [-0.05, 0) is 28.7 Å². The number of rotatable bonds is 3. The maximum atomic E-state index is 13.5. The van der Waals surface area contributed by atoms with Crippen molar-refractivity contribution in [3.63, 3.8) is 0 Å². The van der Waals surface area contributed by atoms with E-state index in [-0.39, 0.29) is 24.3 Å². The van der Waals surface area contributed by atoms with Crippen molar-refractivity contribution in [1.29, 1.82) is 0 Å². The van der Waals surface area contributed by atoms with Gasteiger partial charge in [-0.25, -0.2) is 0 Å². The van der Waals surface area contributed by atoms with E-state index in [0.717, 1.165) is 28.7 Å². The predicted octanol–water partition coefficient (Wildman–Crippen LogP) is 2.51. The van der Waals surface area contributed by atoms with E-state index in [1.54, 1.807) is 4.90 Å². The number of ether oxygens (including phenoxy) is 1. The highest BCUT2D eigenvalue weighted by atomic mass is 16.5. The molecule has 1 saturated heterocycles. The summed E-state index contributed by atoms with van der Waals surface area (Å²) in [4.78, 5) is 29.3. The molecule has 1 aliphatic heterocycles. The van der Waals surface area contributed by atoms with E-state index >= 15 is 0 Å².